The number of nitrogens with one attached hydrogen (secondary N) is 3. The van der Waals surface area contributed by atoms with Crippen LogP contribution in [-0.2, 0) is 9.59 Å². The van der Waals surface area contributed by atoms with Crippen molar-refractivity contribution >= 4 is 35.3 Å². The van der Waals surface area contributed by atoms with E-state index in [0.717, 1.165) is 55.6 Å². The first-order valence-electron chi connectivity index (χ1n) is 15.7. The Morgan fingerprint density at radius 3 is 2.71 bits per heavy atom. The van der Waals surface area contributed by atoms with Gasteiger partial charge in [-0.3, -0.25) is 14.5 Å². The van der Waals surface area contributed by atoms with Gasteiger partial charge >= 0.3 is 6.03 Å². The Hall–Kier alpha value is -4.27. The summed E-state index contributed by atoms with van der Waals surface area (Å²) < 4.78 is 6.17. The number of allylic oxidation sites excluding steroid dienone is 1. The molecule has 3 N–H and O–H groups in total. The van der Waals surface area contributed by atoms with Crippen molar-refractivity contribution in [2.45, 2.75) is 56.5 Å². The molecule has 4 amide bonds. The van der Waals surface area contributed by atoms with Crippen LogP contribution < -0.4 is 25.6 Å². The molecule has 0 bridgehead atoms. The van der Waals surface area contributed by atoms with Gasteiger partial charge in [0.15, 0.2) is 0 Å². The van der Waals surface area contributed by atoms with E-state index < -0.39 is 0 Å². The van der Waals surface area contributed by atoms with Gasteiger partial charge in [0, 0.05) is 36.3 Å². The van der Waals surface area contributed by atoms with Crippen LogP contribution in [0, 0.1) is 30.1 Å². The van der Waals surface area contributed by atoms with Crippen molar-refractivity contribution in [1.82, 2.24) is 20.9 Å². The average molecular weight is 625 g/mol. The number of anilines is 1. The molecule has 4 heterocycles. The Bertz CT molecular complexity index is 1630. The van der Waals surface area contributed by atoms with Crippen LogP contribution in [0.1, 0.15) is 37.7 Å². The SMILES string of the molecule is Cc1c(Oc2ccccc2)cccc1N1C(=O)NC2=C(C(=O)N[C@@H]3CCCN(C(=O)/C(C#N)=C/C4CC4)C3)SC3NCCC1C23. The molecule has 2 aromatic rings. The lowest BCUT2D eigenvalue weighted by atomic mass is 9.86. The number of para-hydroxylation sites is 1. The lowest BCUT2D eigenvalue weighted by Gasteiger charge is -2.46. The Morgan fingerprint density at radius 2 is 1.93 bits per heavy atom. The first-order valence-corrected chi connectivity index (χ1v) is 16.6. The Kier molecular flexibility index (Phi) is 8.02. The number of nitriles is 1. The van der Waals surface area contributed by atoms with Crippen LogP contribution >= 0.6 is 11.8 Å². The number of piperidine rings is 2. The fraction of sp³-hybridized carbons (Fsp3) is 0.412. The van der Waals surface area contributed by atoms with E-state index in [1.807, 2.05) is 60.4 Å². The minimum absolute atomic E-state index is 0.0539. The summed E-state index contributed by atoms with van der Waals surface area (Å²) in [5, 5.41) is 19.3. The third-order valence-corrected chi connectivity index (χ3v) is 10.6. The molecule has 0 aromatic heterocycles. The van der Waals surface area contributed by atoms with E-state index >= 15 is 0 Å². The summed E-state index contributed by atoms with van der Waals surface area (Å²) >= 11 is 1.46. The third-order valence-electron chi connectivity index (χ3n) is 9.25. The number of rotatable bonds is 7. The zero-order chi connectivity index (χ0) is 31.1. The van der Waals surface area contributed by atoms with Crippen molar-refractivity contribution in [2.24, 2.45) is 11.8 Å². The van der Waals surface area contributed by atoms with Gasteiger partial charge in [0.05, 0.1) is 22.0 Å². The first kappa shape index (κ1) is 29.4. The molecule has 10 nitrogen and oxygen atoms in total. The van der Waals surface area contributed by atoms with Gasteiger partial charge in [0.1, 0.15) is 23.1 Å². The molecule has 45 heavy (non-hydrogen) atoms. The number of benzene rings is 2. The molecular formula is C34H36N6O4S. The van der Waals surface area contributed by atoms with E-state index in [2.05, 4.69) is 22.0 Å². The number of hydrogen-bond donors (Lipinski definition) is 3. The van der Waals surface area contributed by atoms with Crippen molar-refractivity contribution in [1.29, 1.82) is 5.26 Å². The maximum atomic E-state index is 13.8. The summed E-state index contributed by atoms with van der Waals surface area (Å²) in [5.74, 6) is 1.16. The second kappa shape index (κ2) is 12.3. The lowest BCUT2D eigenvalue weighted by Crippen LogP contribution is -2.62. The number of carbonyl (C=O) groups is 3. The Labute approximate surface area is 266 Å². The van der Waals surface area contributed by atoms with E-state index in [-0.39, 0.29) is 46.8 Å². The van der Waals surface area contributed by atoms with Crippen molar-refractivity contribution in [3.63, 3.8) is 0 Å². The molecule has 7 rings (SSSR count). The van der Waals surface area contributed by atoms with Crippen LogP contribution in [-0.4, -0.2) is 59.8 Å². The maximum absolute atomic E-state index is 13.8. The number of likely N-dealkylation sites (tertiary alicyclic amines) is 1. The van der Waals surface area contributed by atoms with Gasteiger partial charge in [0.2, 0.25) is 0 Å². The van der Waals surface area contributed by atoms with Gasteiger partial charge in [-0.05, 0) is 75.8 Å². The second-order valence-electron chi connectivity index (χ2n) is 12.3. The highest BCUT2D eigenvalue weighted by molar-refractivity contribution is 8.04. The summed E-state index contributed by atoms with van der Waals surface area (Å²) in [4.78, 5) is 44.6. The average Bonchev–Trinajstić information content (AvgIpc) is 3.80. The molecule has 1 saturated carbocycles. The number of thioether (sulfide) groups is 1. The van der Waals surface area contributed by atoms with E-state index in [1.165, 1.54) is 11.8 Å². The summed E-state index contributed by atoms with van der Waals surface area (Å²) in [6.45, 7) is 3.61. The third kappa shape index (κ3) is 5.80. The zero-order valence-electron chi connectivity index (χ0n) is 25.1. The molecule has 4 fully saturated rings. The molecule has 0 spiro atoms. The summed E-state index contributed by atoms with van der Waals surface area (Å²) in [7, 11) is 0. The molecule has 0 radical (unpaired) electrons. The number of carbonyl (C=O) groups excluding carboxylic acids is 3. The Morgan fingerprint density at radius 1 is 1.11 bits per heavy atom. The highest BCUT2D eigenvalue weighted by atomic mass is 32.2. The van der Waals surface area contributed by atoms with Crippen molar-refractivity contribution < 1.29 is 19.1 Å². The van der Waals surface area contributed by atoms with Gasteiger partial charge in [-0.15, -0.1) is 0 Å². The lowest BCUT2D eigenvalue weighted by molar-refractivity contribution is -0.129. The highest BCUT2D eigenvalue weighted by Crippen LogP contribution is 2.48. The molecular weight excluding hydrogens is 588 g/mol. The van der Waals surface area contributed by atoms with Crippen LogP contribution in [0.15, 0.2) is 70.8 Å². The molecule has 3 saturated heterocycles. The molecule has 1 aliphatic carbocycles. The van der Waals surface area contributed by atoms with Crippen LogP contribution in [0.4, 0.5) is 10.5 Å². The fourth-order valence-electron chi connectivity index (χ4n) is 6.85. The number of urea groups is 1. The predicted octanol–water partition coefficient (Wildman–Crippen LogP) is 4.55. The quantitative estimate of drug-likeness (QED) is 0.305. The standard InChI is InChI=1S/C34H36N6O4S/c1-20-25(10-5-11-27(20)44-24-8-3-2-4-9-24)40-26-14-15-36-32-28(26)29(38-34(40)43)30(45-32)31(41)37-23-7-6-16-39(19-23)33(42)22(18-35)17-21-12-13-21/h2-5,8-11,17,21,23,26,28,32,36H,6-7,12-16,19H2,1H3,(H,37,41)(H,38,43)/b22-17+/t23-,26?,28?,32?/m1/s1. The van der Waals surface area contributed by atoms with Gasteiger partial charge in [0.25, 0.3) is 11.8 Å². The second-order valence-corrected chi connectivity index (χ2v) is 13.5. The van der Waals surface area contributed by atoms with Gasteiger partial charge < -0.3 is 25.6 Å². The zero-order valence-corrected chi connectivity index (χ0v) is 25.9. The molecule has 2 aromatic carbocycles. The van der Waals surface area contributed by atoms with Crippen molar-refractivity contribution in [3.8, 4) is 17.6 Å². The largest absolute Gasteiger partial charge is 0.457 e. The highest BCUT2D eigenvalue weighted by Gasteiger charge is 2.52. The van der Waals surface area contributed by atoms with Crippen molar-refractivity contribution in [3.05, 3.63) is 76.3 Å². The van der Waals surface area contributed by atoms with E-state index in [9.17, 15) is 19.6 Å². The van der Waals surface area contributed by atoms with E-state index in [0.29, 0.717) is 35.4 Å². The minimum Gasteiger partial charge on any atom is -0.457 e. The van der Waals surface area contributed by atoms with Crippen LogP contribution in [0.25, 0.3) is 0 Å². The number of hydrogen-bond acceptors (Lipinski definition) is 7. The predicted molar refractivity (Wildman–Crippen MR) is 171 cm³/mol. The summed E-state index contributed by atoms with van der Waals surface area (Å²) in [6, 6.07) is 16.8. The smallest absolute Gasteiger partial charge is 0.326 e. The van der Waals surface area contributed by atoms with Crippen molar-refractivity contribution in [2.75, 3.05) is 24.5 Å². The Balaban J connectivity index is 1.09. The summed E-state index contributed by atoms with van der Waals surface area (Å²) in [6.07, 6.45) is 6.06. The molecule has 11 heteroatoms. The number of nitrogens with zero attached hydrogens (tertiary/aromatic N) is 3. The van der Waals surface area contributed by atoms with E-state index in [1.54, 1.807) is 11.0 Å². The summed E-state index contributed by atoms with van der Waals surface area (Å²) in [5.41, 5.74) is 2.51. The first-order chi connectivity index (χ1) is 21.9. The van der Waals surface area contributed by atoms with Crippen LogP contribution in [0.3, 0.4) is 0 Å². The van der Waals surface area contributed by atoms with E-state index in [4.69, 9.17) is 4.74 Å². The minimum atomic E-state index is -0.263. The number of amides is 4. The van der Waals surface area contributed by atoms with Gasteiger partial charge in [-0.2, -0.15) is 5.26 Å². The monoisotopic (exact) mass is 624 g/mol. The van der Waals surface area contributed by atoms with Crippen LogP contribution in [0.5, 0.6) is 11.5 Å². The topological polar surface area (TPSA) is 127 Å². The molecule has 4 atom stereocenters. The normalized spacial score (nSPS) is 26.1. The number of ether oxygens (including phenoxy) is 1. The van der Waals surface area contributed by atoms with Gasteiger partial charge in [-0.25, -0.2) is 4.79 Å². The maximum Gasteiger partial charge on any atom is 0.326 e. The molecule has 3 unspecified atom stereocenters. The fourth-order valence-corrected chi connectivity index (χ4v) is 8.25. The van der Waals surface area contributed by atoms with Gasteiger partial charge in [-0.1, -0.05) is 42.1 Å². The molecule has 4 aliphatic heterocycles. The molecule has 232 valence electrons. The van der Waals surface area contributed by atoms with Crippen LogP contribution in [0.2, 0.25) is 0 Å². The molecule has 5 aliphatic rings.